The Balaban J connectivity index is 1.99. The number of aromatic nitrogens is 2. The van der Waals surface area contributed by atoms with Gasteiger partial charge in [-0.2, -0.15) is 0 Å². The van der Waals surface area contributed by atoms with Gasteiger partial charge < -0.3 is 15.2 Å². The van der Waals surface area contributed by atoms with E-state index in [1.807, 2.05) is 18.5 Å². The Morgan fingerprint density at radius 1 is 1.12 bits per heavy atom. The lowest BCUT2D eigenvalue weighted by molar-refractivity contribution is 0.481. The lowest BCUT2D eigenvalue weighted by Gasteiger charge is -2.16. The molecule has 0 unspecified atom stereocenters. The van der Waals surface area contributed by atoms with Crippen molar-refractivity contribution in [3.05, 3.63) is 54.1 Å². The maximum Gasteiger partial charge on any atom is 0.191 e. The highest BCUT2D eigenvalue weighted by Gasteiger charge is 2.06. The molecule has 5 nitrogen and oxygen atoms in total. The number of imidazole rings is 1. The summed E-state index contributed by atoms with van der Waals surface area (Å²) >= 11 is 0. The van der Waals surface area contributed by atoms with Gasteiger partial charge in [0.2, 0.25) is 0 Å². The van der Waals surface area contributed by atoms with Gasteiger partial charge >= 0.3 is 0 Å². The normalized spacial score (nSPS) is 11.8. The van der Waals surface area contributed by atoms with E-state index in [4.69, 9.17) is 4.99 Å². The number of nitrogens with zero attached hydrogens (tertiary/aromatic N) is 3. The predicted molar refractivity (Wildman–Crippen MR) is 105 cm³/mol. The molecule has 0 aliphatic rings. The van der Waals surface area contributed by atoms with Crippen LogP contribution < -0.4 is 10.6 Å². The third-order valence-electron chi connectivity index (χ3n) is 4.43. The Morgan fingerprint density at radius 3 is 2.56 bits per heavy atom. The quantitative estimate of drug-likeness (QED) is 0.543. The van der Waals surface area contributed by atoms with Gasteiger partial charge in [0.1, 0.15) is 12.4 Å². The number of rotatable bonds is 9. The summed E-state index contributed by atoms with van der Waals surface area (Å²) in [6.07, 6.45) is 6.23. The highest BCUT2D eigenvalue weighted by Crippen LogP contribution is 2.07. The fourth-order valence-electron chi connectivity index (χ4n) is 2.73. The number of benzene rings is 1. The second kappa shape index (κ2) is 10.5. The molecular weight excluding hydrogens is 310 g/mol. The lowest BCUT2D eigenvalue weighted by Crippen LogP contribution is -2.39. The molecule has 2 rings (SSSR count). The van der Waals surface area contributed by atoms with Crippen LogP contribution in [0, 0.1) is 5.92 Å². The zero-order valence-corrected chi connectivity index (χ0v) is 15.7. The average molecular weight is 342 g/mol. The molecular formula is C20H31N5. The van der Waals surface area contributed by atoms with Gasteiger partial charge in [-0.3, -0.25) is 0 Å². The van der Waals surface area contributed by atoms with E-state index in [1.54, 1.807) is 0 Å². The fraction of sp³-hybridized carbons (Fsp3) is 0.500. The largest absolute Gasteiger partial charge is 0.357 e. The van der Waals surface area contributed by atoms with Gasteiger partial charge in [0, 0.05) is 32.0 Å². The maximum absolute atomic E-state index is 4.71. The number of aliphatic imine (C=N–C) groups is 1. The Bertz CT molecular complexity index is 629. The van der Waals surface area contributed by atoms with Crippen molar-refractivity contribution in [1.29, 1.82) is 0 Å². The van der Waals surface area contributed by atoms with Crippen LogP contribution in [0.5, 0.6) is 0 Å². The highest BCUT2D eigenvalue weighted by atomic mass is 15.2. The lowest BCUT2D eigenvalue weighted by atomic mass is 10.0. The van der Waals surface area contributed by atoms with Gasteiger partial charge in [-0.1, -0.05) is 57.0 Å². The van der Waals surface area contributed by atoms with E-state index in [1.165, 1.54) is 18.4 Å². The molecule has 0 saturated heterocycles. The van der Waals surface area contributed by atoms with Crippen LogP contribution in [0.2, 0.25) is 0 Å². The van der Waals surface area contributed by atoms with Crippen molar-refractivity contribution in [3.8, 4) is 0 Å². The topological polar surface area (TPSA) is 54.2 Å². The SMILES string of the molecule is CCNC(=NCc1nccn1Cc1ccccc1)NCC(CC)CC. The van der Waals surface area contributed by atoms with E-state index in [0.717, 1.165) is 31.4 Å². The summed E-state index contributed by atoms with van der Waals surface area (Å²) in [4.78, 5) is 9.18. The van der Waals surface area contributed by atoms with E-state index < -0.39 is 0 Å². The molecule has 0 aliphatic heterocycles. The van der Waals surface area contributed by atoms with E-state index >= 15 is 0 Å². The van der Waals surface area contributed by atoms with Crippen molar-refractivity contribution in [3.63, 3.8) is 0 Å². The standard InChI is InChI=1S/C20H31N5/c1-4-17(5-2)14-23-20(21-6-3)24-15-19-22-12-13-25(19)16-18-10-8-7-9-11-18/h7-13,17H,4-6,14-16H2,1-3H3,(H2,21,23,24). The number of guanidine groups is 1. The first kappa shape index (κ1) is 19.0. The Hall–Kier alpha value is -2.30. The van der Waals surface area contributed by atoms with Crippen molar-refractivity contribution in [2.45, 2.75) is 46.7 Å². The predicted octanol–water partition coefficient (Wildman–Crippen LogP) is 3.42. The molecule has 0 amide bonds. The summed E-state index contributed by atoms with van der Waals surface area (Å²) in [6.45, 7) is 9.76. The van der Waals surface area contributed by atoms with Crippen molar-refractivity contribution in [2.75, 3.05) is 13.1 Å². The molecule has 0 bridgehead atoms. The molecule has 0 fully saturated rings. The monoisotopic (exact) mass is 341 g/mol. The summed E-state index contributed by atoms with van der Waals surface area (Å²) < 4.78 is 2.16. The minimum Gasteiger partial charge on any atom is -0.357 e. The second-order valence-corrected chi connectivity index (χ2v) is 6.22. The van der Waals surface area contributed by atoms with Gasteiger partial charge in [0.15, 0.2) is 5.96 Å². The van der Waals surface area contributed by atoms with E-state index in [0.29, 0.717) is 12.5 Å². The van der Waals surface area contributed by atoms with Crippen molar-refractivity contribution >= 4 is 5.96 Å². The first-order valence-corrected chi connectivity index (χ1v) is 9.32. The van der Waals surface area contributed by atoms with Crippen LogP contribution in [0.1, 0.15) is 45.0 Å². The summed E-state index contributed by atoms with van der Waals surface area (Å²) in [6, 6.07) is 10.4. The first-order chi connectivity index (χ1) is 12.3. The van der Waals surface area contributed by atoms with Crippen LogP contribution in [0.15, 0.2) is 47.7 Å². The molecule has 25 heavy (non-hydrogen) atoms. The zero-order valence-electron chi connectivity index (χ0n) is 15.7. The zero-order chi connectivity index (χ0) is 17.9. The molecule has 0 aliphatic carbocycles. The van der Waals surface area contributed by atoms with Gasteiger partial charge in [-0.15, -0.1) is 0 Å². The molecule has 0 spiro atoms. The number of nitrogens with one attached hydrogen (secondary N) is 2. The van der Waals surface area contributed by atoms with Gasteiger partial charge in [0.05, 0.1) is 0 Å². The molecule has 1 heterocycles. The summed E-state index contributed by atoms with van der Waals surface area (Å²) in [5, 5.41) is 6.78. The molecule has 2 N–H and O–H groups in total. The Kier molecular flexibility index (Phi) is 8.02. The van der Waals surface area contributed by atoms with Crippen LogP contribution in [0.3, 0.4) is 0 Å². The van der Waals surface area contributed by atoms with E-state index in [2.05, 4.69) is 65.2 Å². The number of hydrogen-bond acceptors (Lipinski definition) is 2. The fourth-order valence-corrected chi connectivity index (χ4v) is 2.73. The van der Waals surface area contributed by atoms with Crippen LogP contribution in [-0.4, -0.2) is 28.6 Å². The summed E-state index contributed by atoms with van der Waals surface area (Å²) in [7, 11) is 0. The van der Waals surface area contributed by atoms with Crippen LogP contribution >= 0.6 is 0 Å². The first-order valence-electron chi connectivity index (χ1n) is 9.32. The Labute approximate surface area is 151 Å². The molecule has 0 radical (unpaired) electrons. The number of hydrogen-bond donors (Lipinski definition) is 2. The van der Waals surface area contributed by atoms with Gasteiger partial charge in [0.25, 0.3) is 0 Å². The van der Waals surface area contributed by atoms with Crippen LogP contribution in [-0.2, 0) is 13.1 Å². The third-order valence-corrected chi connectivity index (χ3v) is 4.43. The molecule has 2 aromatic rings. The van der Waals surface area contributed by atoms with Gasteiger partial charge in [-0.25, -0.2) is 9.98 Å². The summed E-state index contributed by atoms with van der Waals surface area (Å²) in [5.41, 5.74) is 1.27. The molecule has 1 aromatic heterocycles. The smallest absolute Gasteiger partial charge is 0.191 e. The van der Waals surface area contributed by atoms with E-state index in [-0.39, 0.29) is 0 Å². The minimum absolute atomic E-state index is 0.568. The highest BCUT2D eigenvalue weighted by molar-refractivity contribution is 5.79. The van der Waals surface area contributed by atoms with Crippen molar-refractivity contribution < 1.29 is 0 Å². The van der Waals surface area contributed by atoms with E-state index in [9.17, 15) is 0 Å². The van der Waals surface area contributed by atoms with Gasteiger partial charge in [-0.05, 0) is 18.4 Å². The van der Waals surface area contributed by atoms with Crippen LogP contribution in [0.4, 0.5) is 0 Å². The Morgan fingerprint density at radius 2 is 1.88 bits per heavy atom. The third kappa shape index (κ3) is 6.25. The minimum atomic E-state index is 0.568. The maximum atomic E-state index is 4.71. The molecule has 5 heteroatoms. The second-order valence-electron chi connectivity index (χ2n) is 6.22. The molecule has 1 aromatic carbocycles. The molecule has 136 valence electrons. The van der Waals surface area contributed by atoms with Crippen molar-refractivity contribution in [2.24, 2.45) is 10.9 Å². The van der Waals surface area contributed by atoms with Crippen molar-refractivity contribution in [1.82, 2.24) is 20.2 Å². The molecule has 0 atom stereocenters. The average Bonchev–Trinajstić information content (AvgIpc) is 3.08. The van der Waals surface area contributed by atoms with Crippen LogP contribution in [0.25, 0.3) is 0 Å². The molecule has 0 saturated carbocycles. The summed E-state index contributed by atoms with van der Waals surface area (Å²) in [5.74, 6) is 2.52.